The molecule has 0 saturated heterocycles. The van der Waals surface area contributed by atoms with Gasteiger partial charge in [0.15, 0.2) is 0 Å². The predicted octanol–water partition coefficient (Wildman–Crippen LogP) is 3.44. The van der Waals surface area contributed by atoms with E-state index in [4.69, 9.17) is 5.73 Å². The van der Waals surface area contributed by atoms with Crippen molar-refractivity contribution in [1.82, 2.24) is 0 Å². The van der Waals surface area contributed by atoms with Crippen molar-refractivity contribution in [3.8, 4) is 0 Å². The first-order valence-corrected chi connectivity index (χ1v) is 7.41. The van der Waals surface area contributed by atoms with Gasteiger partial charge in [0, 0.05) is 11.7 Å². The van der Waals surface area contributed by atoms with Crippen LogP contribution in [0, 0.1) is 5.41 Å². The lowest BCUT2D eigenvalue weighted by atomic mass is 9.84. The zero-order valence-electron chi connectivity index (χ0n) is 13.0. The molecule has 0 aromatic heterocycles. The van der Waals surface area contributed by atoms with Crippen LogP contribution in [0.3, 0.4) is 0 Å². The van der Waals surface area contributed by atoms with Gasteiger partial charge in [0.2, 0.25) is 5.91 Å². The molecule has 0 spiro atoms. The maximum atomic E-state index is 12.4. The maximum Gasteiger partial charge on any atom is 0.231 e. The summed E-state index contributed by atoms with van der Waals surface area (Å²) in [7, 11) is 0. The number of carbonyl (C=O) groups is 1. The van der Waals surface area contributed by atoms with Crippen LogP contribution in [0.25, 0.3) is 0 Å². The van der Waals surface area contributed by atoms with Gasteiger partial charge in [-0.25, -0.2) is 0 Å². The fraction of sp³-hybridized carbons (Fsp3) is 0.588. The number of carbonyl (C=O) groups excluding carboxylic acids is 1. The molecule has 2 unspecified atom stereocenters. The van der Waals surface area contributed by atoms with E-state index >= 15 is 0 Å². The molecule has 1 aromatic rings. The summed E-state index contributed by atoms with van der Waals surface area (Å²) in [5.41, 5.74) is 7.90. The maximum absolute atomic E-state index is 12.4. The molecule has 0 aliphatic heterocycles. The Balaban J connectivity index is 2.09. The van der Waals surface area contributed by atoms with Gasteiger partial charge in [-0.1, -0.05) is 39.3 Å². The first-order valence-electron chi connectivity index (χ1n) is 7.41. The number of nitrogens with one attached hydrogen (secondary N) is 1. The van der Waals surface area contributed by atoms with Crippen LogP contribution in [0.4, 0.5) is 5.69 Å². The summed E-state index contributed by atoms with van der Waals surface area (Å²) in [6.45, 7) is 8.51. The number of anilines is 1. The van der Waals surface area contributed by atoms with Crippen LogP contribution >= 0.6 is 0 Å². The third-order valence-corrected chi connectivity index (χ3v) is 4.56. The molecule has 1 aromatic carbocycles. The highest BCUT2D eigenvalue weighted by molar-refractivity contribution is 5.95. The minimum Gasteiger partial charge on any atom is -0.327 e. The Hall–Kier alpha value is -1.35. The number of benzene rings is 1. The van der Waals surface area contributed by atoms with Gasteiger partial charge in [-0.2, -0.15) is 0 Å². The van der Waals surface area contributed by atoms with Crippen molar-refractivity contribution < 1.29 is 4.79 Å². The van der Waals surface area contributed by atoms with Crippen LogP contribution in [0.5, 0.6) is 0 Å². The van der Waals surface area contributed by atoms with Gasteiger partial charge in [-0.05, 0) is 42.9 Å². The lowest BCUT2D eigenvalue weighted by molar-refractivity contribution is -0.125. The molecule has 0 heterocycles. The van der Waals surface area contributed by atoms with Crippen molar-refractivity contribution in [2.24, 2.45) is 11.1 Å². The van der Waals surface area contributed by atoms with E-state index in [0.717, 1.165) is 24.9 Å². The molecular formula is C17H26N2O. The monoisotopic (exact) mass is 274 g/mol. The van der Waals surface area contributed by atoms with Gasteiger partial charge in [-0.3, -0.25) is 4.79 Å². The van der Waals surface area contributed by atoms with Crippen molar-refractivity contribution in [1.29, 1.82) is 0 Å². The number of nitrogens with two attached hydrogens (primary N) is 1. The Labute approximate surface area is 121 Å². The number of amides is 1. The average molecular weight is 274 g/mol. The lowest BCUT2D eigenvalue weighted by Gasteiger charge is -2.27. The average Bonchev–Trinajstić information content (AvgIpc) is 2.70. The van der Waals surface area contributed by atoms with Gasteiger partial charge < -0.3 is 11.1 Å². The van der Waals surface area contributed by atoms with Gasteiger partial charge in [-0.15, -0.1) is 0 Å². The van der Waals surface area contributed by atoms with E-state index in [0.29, 0.717) is 0 Å². The Kier molecular flexibility index (Phi) is 3.92. The SMILES string of the molecule is CC(C)(C)c1ccc(NC(=O)C2(C)CCCC2N)cc1. The fourth-order valence-electron chi connectivity index (χ4n) is 2.80. The normalized spacial score (nSPS) is 26.6. The third kappa shape index (κ3) is 2.88. The molecule has 1 amide bonds. The van der Waals surface area contributed by atoms with Crippen LogP contribution in [0.2, 0.25) is 0 Å². The first-order chi connectivity index (χ1) is 9.23. The number of rotatable bonds is 2. The Morgan fingerprint density at radius 2 is 1.90 bits per heavy atom. The van der Waals surface area contributed by atoms with E-state index in [1.54, 1.807) is 0 Å². The molecule has 2 rings (SSSR count). The van der Waals surface area contributed by atoms with Crippen molar-refractivity contribution >= 4 is 11.6 Å². The van der Waals surface area contributed by atoms with Gasteiger partial charge >= 0.3 is 0 Å². The lowest BCUT2D eigenvalue weighted by Crippen LogP contribution is -2.44. The second-order valence-corrected chi connectivity index (χ2v) is 7.20. The molecule has 3 N–H and O–H groups in total. The van der Waals surface area contributed by atoms with Gasteiger partial charge in [0.05, 0.1) is 5.41 Å². The third-order valence-electron chi connectivity index (χ3n) is 4.56. The molecule has 3 nitrogen and oxygen atoms in total. The highest BCUT2D eigenvalue weighted by atomic mass is 16.2. The fourth-order valence-corrected chi connectivity index (χ4v) is 2.80. The molecule has 1 aliphatic carbocycles. The first kappa shape index (κ1) is 15.0. The van der Waals surface area contributed by atoms with E-state index in [1.807, 2.05) is 19.1 Å². The van der Waals surface area contributed by atoms with Crippen LogP contribution < -0.4 is 11.1 Å². The molecular weight excluding hydrogens is 248 g/mol. The molecule has 110 valence electrons. The van der Waals surface area contributed by atoms with Gasteiger partial charge in [0.25, 0.3) is 0 Å². The topological polar surface area (TPSA) is 55.1 Å². The van der Waals surface area contributed by atoms with Crippen LogP contribution in [-0.2, 0) is 10.2 Å². The summed E-state index contributed by atoms with van der Waals surface area (Å²) < 4.78 is 0. The van der Waals surface area contributed by atoms with Crippen molar-refractivity contribution in [2.45, 2.75) is 58.4 Å². The number of hydrogen-bond acceptors (Lipinski definition) is 2. The van der Waals surface area contributed by atoms with Crippen molar-refractivity contribution in [3.05, 3.63) is 29.8 Å². The minimum atomic E-state index is -0.428. The zero-order valence-corrected chi connectivity index (χ0v) is 13.0. The molecule has 0 radical (unpaired) electrons. The molecule has 1 fully saturated rings. The minimum absolute atomic E-state index is 0.0312. The van der Waals surface area contributed by atoms with E-state index in [-0.39, 0.29) is 17.4 Å². The molecule has 1 saturated carbocycles. The molecule has 2 atom stereocenters. The summed E-state index contributed by atoms with van der Waals surface area (Å²) in [5.74, 6) is 0.0472. The zero-order chi connectivity index (χ0) is 15.0. The smallest absolute Gasteiger partial charge is 0.231 e. The van der Waals surface area contributed by atoms with E-state index in [2.05, 4.69) is 38.2 Å². The predicted molar refractivity (Wildman–Crippen MR) is 83.7 cm³/mol. The summed E-state index contributed by atoms with van der Waals surface area (Å²) in [6.07, 6.45) is 2.85. The highest BCUT2D eigenvalue weighted by Crippen LogP contribution is 2.37. The van der Waals surface area contributed by atoms with Gasteiger partial charge in [0.1, 0.15) is 0 Å². The summed E-state index contributed by atoms with van der Waals surface area (Å²) in [4.78, 5) is 12.4. The number of hydrogen-bond donors (Lipinski definition) is 2. The molecule has 1 aliphatic rings. The molecule has 3 heteroatoms. The largest absolute Gasteiger partial charge is 0.327 e. The van der Waals surface area contributed by atoms with E-state index in [9.17, 15) is 4.79 Å². The highest BCUT2D eigenvalue weighted by Gasteiger charge is 2.42. The van der Waals surface area contributed by atoms with Crippen LogP contribution in [-0.4, -0.2) is 11.9 Å². The van der Waals surface area contributed by atoms with Crippen molar-refractivity contribution in [3.63, 3.8) is 0 Å². The van der Waals surface area contributed by atoms with E-state index in [1.165, 1.54) is 5.56 Å². The molecule has 0 bridgehead atoms. The second kappa shape index (κ2) is 5.21. The second-order valence-electron chi connectivity index (χ2n) is 7.20. The summed E-state index contributed by atoms with van der Waals surface area (Å²) >= 11 is 0. The van der Waals surface area contributed by atoms with Crippen LogP contribution in [0.15, 0.2) is 24.3 Å². The van der Waals surface area contributed by atoms with Crippen molar-refractivity contribution in [2.75, 3.05) is 5.32 Å². The Morgan fingerprint density at radius 1 is 1.30 bits per heavy atom. The Bertz CT molecular complexity index is 487. The molecule has 20 heavy (non-hydrogen) atoms. The summed E-state index contributed by atoms with van der Waals surface area (Å²) in [6, 6.07) is 8.07. The van der Waals surface area contributed by atoms with E-state index < -0.39 is 5.41 Å². The standard InChI is InChI=1S/C17H26N2O/c1-16(2,3)12-7-9-13(10-8-12)19-15(20)17(4)11-5-6-14(17)18/h7-10,14H,5-6,11,18H2,1-4H3,(H,19,20). The van der Waals surface area contributed by atoms with Crippen LogP contribution in [0.1, 0.15) is 52.5 Å². The quantitative estimate of drug-likeness (QED) is 0.868. The summed E-state index contributed by atoms with van der Waals surface area (Å²) in [5, 5.41) is 3.01. The Morgan fingerprint density at radius 3 is 2.35 bits per heavy atom.